The molecule has 0 unspecified atom stereocenters. The quantitative estimate of drug-likeness (QED) is 0.712. The zero-order valence-electron chi connectivity index (χ0n) is 14.7. The van der Waals surface area contributed by atoms with Crippen molar-refractivity contribution in [3.8, 4) is 5.75 Å². The summed E-state index contributed by atoms with van der Waals surface area (Å²) < 4.78 is 19.8. The number of hydrogen-bond donors (Lipinski definition) is 0. The van der Waals surface area contributed by atoms with Crippen LogP contribution in [0.15, 0.2) is 48.5 Å². The van der Waals surface area contributed by atoms with Crippen molar-refractivity contribution in [2.24, 2.45) is 0 Å². The second-order valence-electron chi connectivity index (χ2n) is 6.13. The fourth-order valence-electron chi connectivity index (χ4n) is 2.63. The molecule has 3 nitrogen and oxygen atoms in total. The molecule has 1 amide bonds. The van der Waals surface area contributed by atoms with Crippen LogP contribution in [0.4, 0.5) is 4.39 Å². The van der Waals surface area contributed by atoms with E-state index in [-0.39, 0.29) is 24.9 Å². The normalized spacial score (nSPS) is 14.8. The third kappa shape index (κ3) is 5.17. The summed E-state index contributed by atoms with van der Waals surface area (Å²) in [5.41, 5.74) is 1.78. The molecule has 1 saturated heterocycles. The molecule has 0 spiro atoms. The van der Waals surface area contributed by atoms with Crippen molar-refractivity contribution in [2.75, 3.05) is 25.2 Å². The Morgan fingerprint density at radius 3 is 2.54 bits per heavy atom. The van der Waals surface area contributed by atoms with E-state index >= 15 is 0 Å². The Kier molecular flexibility index (Phi) is 6.86. The lowest BCUT2D eigenvalue weighted by molar-refractivity contribution is -0.132. The van der Waals surface area contributed by atoms with Gasteiger partial charge in [0.1, 0.15) is 11.6 Å². The molecular formula is C20H22FNO2S2. The van der Waals surface area contributed by atoms with E-state index in [9.17, 15) is 9.18 Å². The molecule has 6 heteroatoms. The van der Waals surface area contributed by atoms with E-state index in [0.29, 0.717) is 15.9 Å². The summed E-state index contributed by atoms with van der Waals surface area (Å²) in [5.74, 6) is 2.60. The summed E-state index contributed by atoms with van der Waals surface area (Å²) in [7, 11) is 1.65. The predicted octanol–water partition coefficient (Wildman–Crippen LogP) is 4.73. The van der Waals surface area contributed by atoms with Gasteiger partial charge in [-0.15, -0.1) is 23.5 Å². The van der Waals surface area contributed by atoms with E-state index in [1.54, 1.807) is 25.2 Å². The molecular weight excluding hydrogens is 369 g/mol. The van der Waals surface area contributed by atoms with E-state index < -0.39 is 0 Å². The van der Waals surface area contributed by atoms with E-state index in [1.807, 2.05) is 35.7 Å². The van der Waals surface area contributed by atoms with Gasteiger partial charge >= 0.3 is 0 Å². The van der Waals surface area contributed by atoms with E-state index in [2.05, 4.69) is 12.1 Å². The number of amides is 1. The molecule has 0 bridgehead atoms. The summed E-state index contributed by atoms with van der Waals surface area (Å²) in [6.07, 6.45) is 1.27. The molecule has 0 N–H and O–H groups in total. The van der Waals surface area contributed by atoms with Crippen LogP contribution in [0, 0.1) is 5.82 Å². The molecule has 26 heavy (non-hydrogen) atoms. The van der Waals surface area contributed by atoms with Gasteiger partial charge in [-0.05, 0) is 41.7 Å². The summed E-state index contributed by atoms with van der Waals surface area (Å²) >= 11 is 3.95. The van der Waals surface area contributed by atoms with Gasteiger partial charge in [0, 0.05) is 19.2 Å². The maximum atomic E-state index is 13.7. The molecule has 0 saturated carbocycles. The number of likely N-dealkylation sites (N-methyl/N-ethyl adjacent to an activating group) is 1. The number of carbonyl (C=O) groups excluding carboxylic acids is 1. The number of nitrogens with zero attached hydrogens (tertiary/aromatic N) is 1. The number of rotatable bonds is 6. The van der Waals surface area contributed by atoms with Crippen LogP contribution in [0.5, 0.6) is 5.75 Å². The molecule has 0 atom stereocenters. The lowest BCUT2D eigenvalue weighted by Crippen LogP contribution is -2.31. The van der Waals surface area contributed by atoms with E-state index in [0.717, 1.165) is 0 Å². The van der Waals surface area contributed by atoms with Crippen LogP contribution in [0.25, 0.3) is 0 Å². The highest BCUT2D eigenvalue weighted by Crippen LogP contribution is 2.43. The lowest BCUT2D eigenvalue weighted by Gasteiger charge is -2.21. The fraction of sp³-hybridized carbons (Fsp3) is 0.350. The third-order valence-corrected chi connectivity index (χ3v) is 7.15. The average Bonchev–Trinajstić information content (AvgIpc) is 2.69. The van der Waals surface area contributed by atoms with Gasteiger partial charge in [-0.3, -0.25) is 4.79 Å². The Bertz CT molecular complexity index is 733. The van der Waals surface area contributed by atoms with Crippen LogP contribution < -0.4 is 4.74 Å². The van der Waals surface area contributed by atoms with Crippen molar-refractivity contribution >= 4 is 29.4 Å². The summed E-state index contributed by atoms with van der Waals surface area (Å²) in [5, 5.41) is 0. The summed E-state index contributed by atoms with van der Waals surface area (Å²) in [4.78, 5) is 13.7. The molecule has 1 fully saturated rings. The Morgan fingerprint density at radius 2 is 1.85 bits per heavy atom. The fourth-order valence-corrected chi connectivity index (χ4v) is 5.52. The van der Waals surface area contributed by atoms with Crippen molar-refractivity contribution in [2.45, 2.75) is 17.5 Å². The monoisotopic (exact) mass is 391 g/mol. The number of thioether (sulfide) groups is 2. The van der Waals surface area contributed by atoms with Gasteiger partial charge in [-0.25, -0.2) is 4.39 Å². The molecule has 2 aromatic rings. The first-order chi connectivity index (χ1) is 12.6. The minimum absolute atomic E-state index is 0.0583. The second kappa shape index (κ2) is 9.33. The zero-order chi connectivity index (χ0) is 18.4. The zero-order valence-corrected chi connectivity index (χ0v) is 16.3. The van der Waals surface area contributed by atoms with Crippen LogP contribution in [-0.4, -0.2) is 36.0 Å². The summed E-state index contributed by atoms with van der Waals surface area (Å²) in [6, 6.07) is 14.4. The number of benzene rings is 2. The van der Waals surface area contributed by atoms with Crippen LogP contribution >= 0.6 is 23.5 Å². The predicted molar refractivity (Wildman–Crippen MR) is 107 cm³/mol. The molecule has 2 aromatic carbocycles. The SMILES string of the molecule is CN(Cc1ccccc1F)C(=O)COc1ccc(C2SCCCS2)cc1. The first-order valence-corrected chi connectivity index (χ1v) is 10.7. The topological polar surface area (TPSA) is 29.5 Å². The van der Waals surface area contributed by atoms with Gasteiger partial charge in [0.25, 0.3) is 5.91 Å². The first kappa shape index (κ1) is 19.1. The highest BCUT2D eigenvalue weighted by atomic mass is 32.2. The van der Waals surface area contributed by atoms with E-state index in [4.69, 9.17) is 4.74 Å². The maximum absolute atomic E-state index is 13.7. The minimum atomic E-state index is -0.304. The van der Waals surface area contributed by atoms with Gasteiger partial charge in [-0.2, -0.15) is 0 Å². The maximum Gasteiger partial charge on any atom is 0.260 e. The number of halogens is 1. The summed E-state index contributed by atoms with van der Waals surface area (Å²) in [6.45, 7) is 0.168. The van der Waals surface area contributed by atoms with Crippen LogP contribution in [0.3, 0.4) is 0 Å². The molecule has 1 aliphatic rings. The Hall–Kier alpha value is -1.66. The largest absolute Gasteiger partial charge is 0.484 e. The van der Waals surface area contributed by atoms with Gasteiger partial charge in [0.05, 0.1) is 4.58 Å². The van der Waals surface area contributed by atoms with Crippen LogP contribution in [0.1, 0.15) is 22.1 Å². The second-order valence-corrected chi connectivity index (χ2v) is 8.85. The van der Waals surface area contributed by atoms with Crippen molar-refractivity contribution in [3.63, 3.8) is 0 Å². The Labute approximate surface area is 162 Å². The molecule has 0 radical (unpaired) electrons. The lowest BCUT2D eigenvalue weighted by atomic mass is 10.2. The van der Waals surface area contributed by atoms with Gasteiger partial charge < -0.3 is 9.64 Å². The molecule has 1 aliphatic heterocycles. The Balaban J connectivity index is 1.50. The first-order valence-electron chi connectivity index (χ1n) is 8.57. The van der Waals surface area contributed by atoms with Crippen molar-refractivity contribution < 1.29 is 13.9 Å². The van der Waals surface area contributed by atoms with Crippen molar-refractivity contribution in [3.05, 3.63) is 65.5 Å². The number of hydrogen-bond acceptors (Lipinski definition) is 4. The molecule has 138 valence electrons. The molecule has 0 aliphatic carbocycles. The van der Waals surface area contributed by atoms with E-state index in [1.165, 1.54) is 34.5 Å². The molecule has 1 heterocycles. The highest BCUT2D eigenvalue weighted by Gasteiger charge is 2.17. The minimum Gasteiger partial charge on any atom is -0.484 e. The van der Waals surface area contributed by atoms with Gasteiger partial charge in [-0.1, -0.05) is 30.3 Å². The smallest absolute Gasteiger partial charge is 0.260 e. The standard InChI is InChI=1S/C20H22FNO2S2/c1-22(13-16-5-2-3-6-18(16)21)19(23)14-24-17-9-7-15(8-10-17)20-25-11-4-12-26-20/h2-3,5-10,20H,4,11-14H2,1H3. The van der Waals surface area contributed by atoms with Crippen LogP contribution in [-0.2, 0) is 11.3 Å². The molecule has 0 aromatic heterocycles. The van der Waals surface area contributed by atoms with Gasteiger partial charge in [0.15, 0.2) is 6.61 Å². The highest BCUT2D eigenvalue weighted by molar-refractivity contribution is 8.16. The van der Waals surface area contributed by atoms with Gasteiger partial charge in [0.2, 0.25) is 0 Å². The number of carbonyl (C=O) groups is 1. The average molecular weight is 392 g/mol. The Morgan fingerprint density at radius 1 is 1.15 bits per heavy atom. The van der Waals surface area contributed by atoms with Crippen molar-refractivity contribution in [1.82, 2.24) is 4.90 Å². The van der Waals surface area contributed by atoms with Crippen LogP contribution in [0.2, 0.25) is 0 Å². The third-order valence-electron chi connectivity index (χ3n) is 4.13. The molecule has 3 rings (SSSR count). The van der Waals surface area contributed by atoms with Crippen molar-refractivity contribution in [1.29, 1.82) is 0 Å². The number of ether oxygens (including phenoxy) is 1.